The number of aliphatic hydroxyl groups excluding tert-OH is 5. The molecule has 208 valence electrons. The van der Waals surface area contributed by atoms with Gasteiger partial charge in [-0.3, -0.25) is 13.9 Å². The van der Waals surface area contributed by atoms with E-state index in [-0.39, 0.29) is 6.54 Å². The van der Waals surface area contributed by atoms with E-state index < -0.39 is 89.7 Å². The Morgan fingerprint density at radius 2 is 1.61 bits per heavy atom. The van der Waals surface area contributed by atoms with Gasteiger partial charge in [-0.2, -0.15) is 4.31 Å². The number of ether oxygens (including phenoxy) is 2. The molecule has 0 aromatic rings. The maximum atomic E-state index is 12.2. The summed E-state index contributed by atoms with van der Waals surface area (Å²) in [6.07, 6.45) is -13.6. The van der Waals surface area contributed by atoms with Crippen LogP contribution in [-0.4, -0.2) is 121 Å². The summed E-state index contributed by atoms with van der Waals surface area (Å²) >= 11 is 0. The second-order valence-corrected chi connectivity index (χ2v) is 10.9. The Morgan fingerprint density at radius 3 is 2.22 bits per heavy atom. The number of nitrogens with one attached hydrogen (secondary N) is 1. The minimum atomic E-state index is -5.53. The van der Waals surface area contributed by atoms with E-state index in [2.05, 4.69) is 18.7 Å². The van der Waals surface area contributed by atoms with Crippen molar-refractivity contribution >= 4 is 21.7 Å². The first kappa shape index (κ1) is 29.5. The maximum Gasteiger partial charge on any atom is 0.483 e. The van der Waals surface area contributed by atoms with Crippen molar-refractivity contribution in [3.05, 3.63) is 12.3 Å². The molecule has 2 saturated heterocycles. The third kappa shape index (κ3) is 6.66. The SMILES string of the molecule is NCC1O[C@H](OP(=O)(O)OP(=O)(O)OCC2OC(N3C=CC(N)NC3=O)[C@H](O)[C@@H]2O)C(O)[C@@H](O)[C@H]1O. The second-order valence-electron chi connectivity index (χ2n) is 7.94. The minimum Gasteiger partial charge on any atom is -0.388 e. The molecule has 3 heterocycles. The summed E-state index contributed by atoms with van der Waals surface area (Å²) in [6, 6.07) is -0.765. The third-order valence-electron chi connectivity index (χ3n) is 5.34. The summed E-state index contributed by atoms with van der Waals surface area (Å²) in [5.41, 5.74) is 10.9. The summed E-state index contributed by atoms with van der Waals surface area (Å²) in [6.45, 7) is -1.36. The van der Waals surface area contributed by atoms with Gasteiger partial charge in [0.05, 0.1) is 12.8 Å². The largest absolute Gasteiger partial charge is 0.483 e. The molecule has 0 saturated carbocycles. The van der Waals surface area contributed by atoms with Gasteiger partial charge < -0.3 is 61.6 Å². The highest BCUT2D eigenvalue weighted by Gasteiger charge is 2.50. The van der Waals surface area contributed by atoms with Crippen molar-refractivity contribution in [3.8, 4) is 0 Å². The van der Waals surface area contributed by atoms with Crippen LogP contribution in [0.25, 0.3) is 0 Å². The minimum absolute atomic E-state index is 0.388. The predicted molar refractivity (Wildman–Crippen MR) is 112 cm³/mol. The monoisotopic (exact) mass is 566 g/mol. The van der Waals surface area contributed by atoms with Gasteiger partial charge in [-0.15, -0.1) is 0 Å². The summed E-state index contributed by atoms with van der Waals surface area (Å²) in [7, 11) is -11.0. The van der Waals surface area contributed by atoms with Crippen LogP contribution in [0.4, 0.5) is 4.79 Å². The van der Waals surface area contributed by atoms with Crippen molar-refractivity contribution in [1.82, 2.24) is 10.2 Å². The van der Waals surface area contributed by atoms with E-state index in [9.17, 15) is 49.2 Å². The van der Waals surface area contributed by atoms with Gasteiger partial charge in [0.2, 0.25) is 0 Å². The molecule has 3 aliphatic rings. The lowest BCUT2D eigenvalue weighted by molar-refractivity contribution is -0.273. The Kier molecular flexibility index (Phi) is 9.28. The van der Waals surface area contributed by atoms with Crippen LogP contribution in [0, 0.1) is 0 Å². The Bertz CT molecular complexity index is 925. The quantitative estimate of drug-likeness (QED) is 0.117. The van der Waals surface area contributed by atoms with Crippen LogP contribution in [-0.2, 0) is 32.0 Å². The molecule has 7 unspecified atom stereocenters. The molecule has 0 aromatic carbocycles. The fourth-order valence-electron chi connectivity index (χ4n) is 3.49. The highest BCUT2D eigenvalue weighted by atomic mass is 31.3. The molecule has 0 bridgehead atoms. The zero-order valence-corrected chi connectivity index (χ0v) is 20.0. The van der Waals surface area contributed by atoms with Crippen molar-refractivity contribution in [2.45, 2.75) is 61.4 Å². The molecule has 0 aromatic heterocycles. The zero-order valence-electron chi connectivity index (χ0n) is 18.2. The summed E-state index contributed by atoms with van der Waals surface area (Å²) in [4.78, 5) is 32.5. The molecule has 3 rings (SSSR count). The number of aliphatic hydroxyl groups is 5. The summed E-state index contributed by atoms with van der Waals surface area (Å²) in [5.74, 6) is 0. The number of nitrogens with two attached hydrogens (primary N) is 2. The van der Waals surface area contributed by atoms with Crippen LogP contribution in [0.2, 0.25) is 0 Å². The van der Waals surface area contributed by atoms with Gasteiger partial charge in [0, 0.05) is 12.7 Å². The standard InChI is InChI=1S/C15H28N4O15P2/c16-3-5-8(20)10(22)12(24)14(32-5)33-36(28,29)34-35(26,27)30-4-6-9(21)11(23)13(31-6)19-2-1-7(17)18-15(19)25/h1-2,5-14,20-24H,3-4,16-17H2,(H,18,25)(H,26,27)(H,28,29)/t5?,6?,7?,8-,9+,10-,11+,12?,13?,14+/m0/s1. The van der Waals surface area contributed by atoms with Gasteiger partial charge in [0.1, 0.15) is 42.7 Å². The van der Waals surface area contributed by atoms with Crippen LogP contribution < -0.4 is 16.8 Å². The summed E-state index contributed by atoms with van der Waals surface area (Å²) in [5, 5.41) is 52.1. The average molecular weight is 566 g/mol. The van der Waals surface area contributed by atoms with Crippen molar-refractivity contribution in [2.24, 2.45) is 11.5 Å². The van der Waals surface area contributed by atoms with E-state index >= 15 is 0 Å². The van der Waals surface area contributed by atoms with Crippen LogP contribution in [0.3, 0.4) is 0 Å². The zero-order chi connectivity index (χ0) is 27.0. The van der Waals surface area contributed by atoms with E-state index in [1.54, 1.807) is 0 Å². The highest BCUT2D eigenvalue weighted by Crippen LogP contribution is 2.61. The number of phosphoric ester groups is 2. The molecular weight excluding hydrogens is 538 g/mol. The first-order valence-corrected chi connectivity index (χ1v) is 13.3. The first-order chi connectivity index (χ1) is 16.7. The van der Waals surface area contributed by atoms with Gasteiger partial charge >= 0.3 is 21.7 Å². The van der Waals surface area contributed by atoms with Crippen molar-refractivity contribution < 1.29 is 72.1 Å². The molecule has 21 heteroatoms. The molecule has 2 amide bonds. The molecule has 12 atom stereocenters. The topological polar surface area (TPSA) is 306 Å². The van der Waals surface area contributed by atoms with Crippen LogP contribution in [0.1, 0.15) is 0 Å². The van der Waals surface area contributed by atoms with Crippen LogP contribution >= 0.6 is 15.6 Å². The number of phosphoric acid groups is 2. The van der Waals surface area contributed by atoms with Gasteiger partial charge in [-0.05, 0) is 6.08 Å². The Balaban J connectivity index is 1.58. The van der Waals surface area contributed by atoms with Gasteiger partial charge in [-0.1, -0.05) is 0 Å². The average Bonchev–Trinajstić information content (AvgIpc) is 3.06. The number of carbonyl (C=O) groups excluding carboxylic acids is 1. The lowest BCUT2D eigenvalue weighted by Crippen LogP contribution is -2.59. The number of carbonyl (C=O) groups is 1. The van der Waals surface area contributed by atoms with E-state index in [1.165, 1.54) is 12.3 Å². The molecule has 0 radical (unpaired) electrons. The molecule has 12 N–H and O–H groups in total. The van der Waals surface area contributed by atoms with Crippen molar-refractivity contribution in [1.29, 1.82) is 0 Å². The molecule has 19 nitrogen and oxygen atoms in total. The van der Waals surface area contributed by atoms with E-state index in [4.69, 9.17) is 20.9 Å². The van der Waals surface area contributed by atoms with E-state index in [0.717, 1.165) is 4.90 Å². The molecule has 2 fully saturated rings. The number of nitrogens with zero attached hydrogens (tertiary/aromatic N) is 1. The Labute approximate surface area is 203 Å². The molecule has 0 spiro atoms. The lowest BCUT2D eigenvalue weighted by atomic mass is 9.99. The number of hydrogen-bond donors (Lipinski definition) is 10. The molecule has 3 aliphatic heterocycles. The highest BCUT2D eigenvalue weighted by molar-refractivity contribution is 7.61. The number of hydrogen-bond acceptors (Lipinski definition) is 15. The summed E-state index contributed by atoms with van der Waals surface area (Å²) < 4.78 is 47.8. The van der Waals surface area contributed by atoms with Crippen molar-refractivity contribution in [3.63, 3.8) is 0 Å². The Hall–Kier alpha value is -1.09. The van der Waals surface area contributed by atoms with Crippen LogP contribution in [0.5, 0.6) is 0 Å². The van der Waals surface area contributed by atoms with E-state index in [0.29, 0.717) is 0 Å². The van der Waals surface area contributed by atoms with Gasteiger partial charge in [0.15, 0.2) is 12.5 Å². The smallest absolute Gasteiger partial charge is 0.388 e. The third-order valence-corrected chi connectivity index (χ3v) is 7.94. The fourth-order valence-corrected chi connectivity index (χ4v) is 5.64. The number of urea groups is 1. The van der Waals surface area contributed by atoms with Crippen molar-refractivity contribution in [2.75, 3.05) is 13.2 Å². The maximum absolute atomic E-state index is 12.2. The van der Waals surface area contributed by atoms with Gasteiger partial charge in [-0.25, -0.2) is 13.9 Å². The first-order valence-electron chi connectivity index (χ1n) is 10.3. The predicted octanol–water partition coefficient (Wildman–Crippen LogP) is -4.73. The lowest BCUT2D eigenvalue weighted by Gasteiger charge is -2.39. The molecule has 36 heavy (non-hydrogen) atoms. The number of amides is 2. The fraction of sp³-hybridized carbons (Fsp3) is 0.800. The normalized spacial score (nSPS) is 42.6. The molecular formula is C15H28N4O15P2. The second kappa shape index (κ2) is 11.3. The Morgan fingerprint density at radius 1 is 0.972 bits per heavy atom. The van der Waals surface area contributed by atoms with E-state index in [1.807, 2.05) is 0 Å². The molecule has 0 aliphatic carbocycles. The van der Waals surface area contributed by atoms with Gasteiger partial charge in [0.25, 0.3) is 0 Å². The van der Waals surface area contributed by atoms with Crippen LogP contribution in [0.15, 0.2) is 12.3 Å². The number of rotatable bonds is 9.